The van der Waals surface area contributed by atoms with Crippen LogP contribution in [0.25, 0.3) is 0 Å². The first kappa shape index (κ1) is 7.32. The van der Waals surface area contributed by atoms with E-state index in [9.17, 15) is 12.9 Å². The Balaban J connectivity index is 3.24. The Kier molecular flexibility index (Phi) is 2.37. The third kappa shape index (κ3) is 5.32. The number of hydrogen-bond donors (Lipinski definition) is 0. The molecule has 8 heavy (non-hydrogen) atoms. The van der Waals surface area contributed by atoms with Crippen LogP contribution in [-0.2, 0) is 9.53 Å². The fourth-order valence-electron chi connectivity index (χ4n) is 0.148. The van der Waals surface area contributed by atoms with Crippen LogP contribution in [0, 0.1) is 0 Å². The number of halogens is 3. The molecular formula is C2H3BF3O2-. The molecule has 2 nitrogen and oxygen atoms in total. The molecule has 0 aromatic rings. The van der Waals surface area contributed by atoms with Gasteiger partial charge < -0.3 is 17.7 Å². The molecule has 48 valence electrons. The van der Waals surface area contributed by atoms with Crippen LogP contribution in [0.4, 0.5) is 12.9 Å². The minimum atomic E-state index is -4.96. The Bertz CT molecular complexity index is 79.8. The minimum absolute atomic E-state index is 0.227. The molecule has 0 aliphatic rings. The Hall–Kier alpha value is -0.675. The van der Waals surface area contributed by atoms with Crippen LogP contribution in [0.2, 0.25) is 0 Å². The zero-order valence-electron chi connectivity index (χ0n) is 3.81. The molecule has 0 atom stereocenters. The van der Waals surface area contributed by atoms with Crippen LogP contribution >= 0.6 is 0 Å². The van der Waals surface area contributed by atoms with Gasteiger partial charge in [0.05, 0.1) is 6.51 Å². The molecule has 0 saturated carbocycles. The fourth-order valence-corrected chi connectivity index (χ4v) is 0.148. The molecule has 0 aromatic carbocycles. The van der Waals surface area contributed by atoms with Crippen molar-refractivity contribution < 1.29 is 22.5 Å². The van der Waals surface area contributed by atoms with Gasteiger partial charge in [-0.3, -0.25) is 4.79 Å². The second-order valence-electron chi connectivity index (χ2n) is 1.14. The number of carbonyl (C=O) groups is 1. The highest BCUT2D eigenvalue weighted by molar-refractivity contribution is 6.58. The molecule has 0 radical (unpaired) electrons. The Morgan fingerprint density at radius 3 is 2.12 bits per heavy atom. The van der Waals surface area contributed by atoms with Gasteiger partial charge in [0, 0.05) is 0 Å². The van der Waals surface area contributed by atoms with E-state index >= 15 is 0 Å². The predicted molar refractivity (Wildman–Crippen MR) is 21.1 cm³/mol. The van der Waals surface area contributed by atoms with Gasteiger partial charge in [0.2, 0.25) is 0 Å². The molecule has 0 bridgehead atoms. The van der Waals surface area contributed by atoms with Gasteiger partial charge in [0.25, 0.3) is 6.47 Å². The molecule has 0 heterocycles. The van der Waals surface area contributed by atoms with Gasteiger partial charge in [-0.25, -0.2) is 0 Å². The van der Waals surface area contributed by atoms with Crippen molar-refractivity contribution in [3.8, 4) is 0 Å². The highest BCUT2D eigenvalue weighted by atomic mass is 19.4. The Morgan fingerprint density at radius 2 is 2.00 bits per heavy atom. The number of carbonyl (C=O) groups excluding carboxylic acids is 1. The van der Waals surface area contributed by atoms with Crippen LogP contribution in [-0.4, -0.2) is 20.0 Å². The van der Waals surface area contributed by atoms with Crippen LogP contribution in [0.5, 0.6) is 0 Å². The summed E-state index contributed by atoms with van der Waals surface area (Å²) in [7, 11) is 0. The fraction of sp³-hybridized carbons (Fsp3) is 0.500. The number of ether oxygens (including phenoxy) is 1. The second kappa shape index (κ2) is 2.59. The predicted octanol–water partition coefficient (Wildman–Crippen LogP) is 0.546. The van der Waals surface area contributed by atoms with E-state index in [0.29, 0.717) is 0 Å². The van der Waals surface area contributed by atoms with Crippen molar-refractivity contribution in [3.63, 3.8) is 0 Å². The minimum Gasteiger partial charge on any atom is -0.498 e. The molecule has 0 aliphatic carbocycles. The summed E-state index contributed by atoms with van der Waals surface area (Å²) in [6.45, 7) is -6.62. The van der Waals surface area contributed by atoms with Crippen molar-refractivity contribution in [1.29, 1.82) is 0 Å². The quantitative estimate of drug-likeness (QED) is 0.408. The monoisotopic (exact) mass is 127 g/mol. The van der Waals surface area contributed by atoms with E-state index in [0.717, 1.165) is 0 Å². The zero-order chi connectivity index (χ0) is 6.62. The molecule has 0 amide bonds. The zero-order valence-corrected chi connectivity index (χ0v) is 3.81. The molecule has 0 unspecified atom stereocenters. The van der Waals surface area contributed by atoms with Crippen molar-refractivity contribution in [1.82, 2.24) is 0 Å². The van der Waals surface area contributed by atoms with Crippen molar-refractivity contribution >= 4 is 13.4 Å². The molecule has 0 fully saturated rings. The van der Waals surface area contributed by atoms with E-state index < -0.39 is 13.5 Å². The van der Waals surface area contributed by atoms with Crippen LogP contribution in [0.15, 0.2) is 0 Å². The maximum Gasteiger partial charge on any atom is 0.515 e. The summed E-state index contributed by atoms with van der Waals surface area (Å²) in [5.74, 6) is 0. The summed E-state index contributed by atoms with van der Waals surface area (Å²) in [5, 5.41) is 0. The second-order valence-corrected chi connectivity index (χ2v) is 1.14. The van der Waals surface area contributed by atoms with E-state index in [2.05, 4.69) is 4.74 Å². The van der Waals surface area contributed by atoms with Gasteiger partial charge in [0.15, 0.2) is 0 Å². The topological polar surface area (TPSA) is 26.3 Å². The SMILES string of the molecule is O=COC[B-](F)(F)F. The van der Waals surface area contributed by atoms with Crippen molar-refractivity contribution in [2.45, 2.75) is 0 Å². The van der Waals surface area contributed by atoms with Crippen LogP contribution < -0.4 is 0 Å². The van der Waals surface area contributed by atoms with Crippen LogP contribution in [0.1, 0.15) is 0 Å². The summed E-state index contributed by atoms with van der Waals surface area (Å²) in [4.78, 5) is 9.14. The van der Waals surface area contributed by atoms with Gasteiger partial charge in [-0.05, 0) is 0 Å². The number of hydrogen-bond acceptors (Lipinski definition) is 2. The van der Waals surface area contributed by atoms with Crippen molar-refractivity contribution in [2.75, 3.05) is 6.51 Å². The third-order valence-corrected chi connectivity index (χ3v) is 0.353. The largest absolute Gasteiger partial charge is 0.515 e. The van der Waals surface area contributed by atoms with Gasteiger partial charge >= 0.3 is 6.98 Å². The third-order valence-electron chi connectivity index (χ3n) is 0.353. The lowest BCUT2D eigenvalue weighted by Crippen LogP contribution is -2.23. The molecule has 0 saturated heterocycles. The first-order valence-electron chi connectivity index (χ1n) is 1.82. The lowest BCUT2D eigenvalue weighted by Gasteiger charge is -2.09. The van der Waals surface area contributed by atoms with Gasteiger partial charge in [0.1, 0.15) is 0 Å². The molecule has 0 spiro atoms. The van der Waals surface area contributed by atoms with E-state index in [1.165, 1.54) is 0 Å². The normalized spacial score (nSPS) is 10.9. The maximum absolute atomic E-state index is 11.0. The molecule has 0 rings (SSSR count). The Morgan fingerprint density at radius 1 is 1.50 bits per heavy atom. The standard InChI is InChI=1S/C2H3BF3O2/c4-3(5,6)1-8-2-7/h2H,1H2/q-1. The van der Waals surface area contributed by atoms with Crippen molar-refractivity contribution in [3.05, 3.63) is 0 Å². The van der Waals surface area contributed by atoms with E-state index in [1.54, 1.807) is 0 Å². The maximum atomic E-state index is 11.0. The molecule has 0 N–H and O–H groups in total. The highest BCUT2D eigenvalue weighted by Crippen LogP contribution is 2.06. The summed E-state index contributed by atoms with van der Waals surface area (Å²) in [5.41, 5.74) is 0. The summed E-state index contributed by atoms with van der Waals surface area (Å²) in [6, 6.07) is 0. The summed E-state index contributed by atoms with van der Waals surface area (Å²) >= 11 is 0. The Labute approximate surface area is 43.7 Å². The first-order valence-corrected chi connectivity index (χ1v) is 1.82. The van der Waals surface area contributed by atoms with E-state index in [-0.39, 0.29) is 6.47 Å². The average molecular weight is 127 g/mol. The molecule has 6 heteroatoms. The lowest BCUT2D eigenvalue weighted by atomic mass is 9.95. The van der Waals surface area contributed by atoms with E-state index in [4.69, 9.17) is 4.79 Å². The molecule has 0 aromatic heterocycles. The number of rotatable bonds is 3. The smallest absolute Gasteiger partial charge is 0.498 e. The van der Waals surface area contributed by atoms with Gasteiger partial charge in [-0.15, -0.1) is 0 Å². The molecule has 0 aliphatic heterocycles. The highest BCUT2D eigenvalue weighted by Gasteiger charge is 2.23. The molecular weight excluding hydrogens is 124 g/mol. The average Bonchev–Trinajstić information content (AvgIpc) is 1.59. The summed E-state index contributed by atoms with van der Waals surface area (Å²) in [6.07, 6.45) is 0. The van der Waals surface area contributed by atoms with Crippen molar-refractivity contribution in [2.24, 2.45) is 0 Å². The first-order chi connectivity index (χ1) is 3.56. The van der Waals surface area contributed by atoms with Crippen LogP contribution in [0.3, 0.4) is 0 Å². The lowest BCUT2D eigenvalue weighted by molar-refractivity contribution is -0.127. The summed E-state index contributed by atoms with van der Waals surface area (Å²) < 4.78 is 36.5. The van der Waals surface area contributed by atoms with Gasteiger partial charge in [-0.2, -0.15) is 0 Å². The van der Waals surface area contributed by atoms with E-state index in [1.807, 2.05) is 0 Å². The van der Waals surface area contributed by atoms with Gasteiger partial charge in [-0.1, -0.05) is 0 Å².